The summed E-state index contributed by atoms with van der Waals surface area (Å²) in [6.07, 6.45) is 4.32. The summed E-state index contributed by atoms with van der Waals surface area (Å²) in [7, 11) is 0. The zero-order valence-corrected chi connectivity index (χ0v) is 9.73. The largest absolute Gasteiger partial charge is 0.391 e. The first-order chi connectivity index (χ1) is 7.49. The van der Waals surface area contributed by atoms with Gasteiger partial charge in [-0.05, 0) is 31.9 Å². The highest BCUT2D eigenvalue weighted by Gasteiger charge is 2.40. The van der Waals surface area contributed by atoms with E-state index in [1.807, 2.05) is 32.3 Å². The van der Waals surface area contributed by atoms with Crippen molar-refractivity contribution in [3.05, 3.63) is 24.0 Å². The summed E-state index contributed by atoms with van der Waals surface area (Å²) in [5.41, 5.74) is 0.759. The van der Waals surface area contributed by atoms with Crippen molar-refractivity contribution in [1.29, 1.82) is 0 Å². The number of carbonyl (C=O) groups is 1. The Morgan fingerprint density at radius 3 is 2.94 bits per heavy atom. The first-order valence-electron chi connectivity index (χ1n) is 5.59. The van der Waals surface area contributed by atoms with Gasteiger partial charge in [-0.1, -0.05) is 0 Å². The Hall–Kier alpha value is -1.29. The second kappa shape index (κ2) is 3.94. The average molecular weight is 222 g/mol. The number of nitrogens with one attached hydrogen (secondary N) is 1. The third-order valence-corrected chi connectivity index (χ3v) is 3.18. The highest BCUT2D eigenvalue weighted by molar-refractivity contribution is 5.79. The van der Waals surface area contributed by atoms with Crippen molar-refractivity contribution in [2.45, 2.75) is 38.3 Å². The van der Waals surface area contributed by atoms with E-state index in [4.69, 9.17) is 0 Å². The molecule has 0 aliphatic carbocycles. The smallest absolute Gasteiger partial charge is 0.227 e. The van der Waals surface area contributed by atoms with Gasteiger partial charge in [0.25, 0.3) is 0 Å². The standard InChI is InChI=1S/C12H18N2O2/c1-12(2)6-10(15)8-14(12)11(16)5-9-3-4-13-7-9/h3-4,7,10,13,15H,5-6,8H2,1-2H3. The molecule has 2 N–H and O–H groups in total. The number of amides is 1. The van der Waals surface area contributed by atoms with Crippen LogP contribution in [0.25, 0.3) is 0 Å². The van der Waals surface area contributed by atoms with E-state index >= 15 is 0 Å². The first kappa shape index (κ1) is 11.2. The summed E-state index contributed by atoms with van der Waals surface area (Å²) in [6.45, 7) is 4.45. The molecule has 4 nitrogen and oxygen atoms in total. The Bertz CT molecular complexity index is 370. The molecule has 1 amide bonds. The van der Waals surface area contributed by atoms with E-state index in [2.05, 4.69) is 4.98 Å². The van der Waals surface area contributed by atoms with E-state index in [0.29, 0.717) is 19.4 Å². The fourth-order valence-corrected chi connectivity index (χ4v) is 2.39. The second-order valence-electron chi connectivity index (χ2n) is 5.07. The van der Waals surface area contributed by atoms with Crippen LogP contribution in [0.4, 0.5) is 0 Å². The first-order valence-corrected chi connectivity index (χ1v) is 5.59. The molecule has 0 spiro atoms. The highest BCUT2D eigenvalue weighted by Crippen LogP contribution is 2.29. The van der Waals surface area contributed by atoms with Gasteiger partial charge in [-0.2, -0.15) is 0 Å². The fourth-order valence-electron chi connectivity index (χ4n) is 2.39. The zero-order chi connectivity index (χ0) is 11.8. The minimum Gasteiger partial charge on any atom is -0.391 e. The van der Waals surface area contributed by atoms with E-state index in [9.17, 15) is 9.90 Å². The number of nitrogens with zero attached hydrogens (tertiary/aromatic N) is 1. The molecule has 1 aromatic heterocycles. The number of β-amino-alcohol motifs (C(OH)–C–C–N with tert-alkyl or cyclic N) is 1. The minimum absolute atomic E-state index is 0.0844. The molecule has 0 saturated carbocycles. The van der Waals surface area contributed by atoms with Crippen LogP contribution in [0.5, 0.6) is 0 Å². The lowest BCUT2D eigenvalue weighted by Crippen LogP contribution is -2.43. The quantitative estimate of drug-likeness (QED) is 0.782. The number of hydrogen-bond acceptors (Lipinski definition) is 2. The maximum Gasteiger partial charge on any atom is 0.227 e. The number of aromatic nitrogens is 1. The predicted octanol–water partition coefficient (Wildman–Crippen LogP) is 0.929. The lowest BCUT2D eigenvalue weighted by atomic mass is 10.0. The highest BCUT2D eigenvalue weighted by atomic mass is 16.3. The predicted molar refractivity (Wildman–Crippen MR) is 60.9 cm³/mol. The van der Waals surface area contributed by atoms with Gasteiger partial charge >= 0.3 is 0 Å². The number of rotatable bonds is 2. The molecule has 1 aromatic rings. The van der Waals surface area contributed by atoms with Crippen LogP contribution in [0, 0.1) is 0 Å². The maximum atomic E-state index is 12.1. The number of aliphatic hydroxyl groups excluding tert-OH is 1. The molecule has 1 unspecified atom stereocenters. The van der Waals surface area contributed by atoms with Crippen LogP contribution >= 0.6 is 0 Å². The Labute approximate surface area is 95.3 Å². The number of likely N-dealkylation sites (tertiary alicyclic amines) is 1. The molecular weight excluding hydrogens is 204 g/mol. The van der Waals surface area contributed by atoms with Crippen LogP contribution in [-0.4, -0.2) is 39.1 Å². The SMILES string of the molecule is CC1(C)CC(O)CN1C(=O)Cc1cc[nH]c1. The fraction of sp³-hybridized carbons (Fsp3) is 0.583. The van der Waals surface area contributed by atoms with Crippen LogP contribution < -0.4 is 0 Å². The van der Waals surface area contributed by atoms with Gasteiger partial charge in [0.15, 0.2) is 0 Å². The molecule has 1 atom stereocenters. The van der Waals surface area contributed by atoms with Crippen molar-refractivity contribution < 1.29 is 9.90 Å². The van der Waals surface area contributed by atoms with Gasteiger partial charge in [0.2, 0.25) is 5.91 Å². The van der Waals surface area contributed by atoms with Crippen molar-refractivity contribution in [1.82, 2.24) is 9.88 Å². The molecule has 1 aliphatic heterocycles. The molecule has 0 bridgehead atoms. The van der Waals surface area contributed by atoms with Crippen molar-refractivity contribution >= 4 is 5.91 Å². The van der Waals surface area contributed by atoms with Gasteiger partial charge in [-0.25, -0.2) is 0 Å². The van der Waals surface area contributed by atoms with Crippen LogP contribution in [-0.2, 0) is 11.2 Å². The van der Waals surface area contributed by atoms with E-state index in [1.54, 1.807) is 4.90 Å². The van der Waals surface area contributed by atoms with Crippen LogP contribution in [0.1, 0.15) is 25.8 Å². The Kier molecular flexibility index (Phi) is 2.76. The molecule has 2 heterocycles. The number of aliphatic hydroxyl groups is 1. The summed E-state index contributed by atoms with van der Waals surface area (Å²) in [5, 5.41) is 9.61. The molecule has 16 heavy (non-hydrogen) atoms. The number of H-pyrrole nitrogens is 1. The third kappa shape index (κ3) is 2.11. The Morgan fingerprint density at radius 1 is 1.69 bits per heavy atom. The Morgan fingerprint density at radius 2 is 2.44 bits per heavy atom. The van der Waals surface area contributed by atoms with E-state index in [-0.39, 0.29) is 17.6 Å². The van der Waals surface area contributed by atoms with E-state index in [0.717, 1.165) is 5.56 Å². The molecule has 0 radical (unpaired) electrons. The molecule has 4 heteroatoms. The molecule has 1 aliphatic rings. The van der Waals surface area contributed by atoms with Gasteiger partial charge in [-0.15, -0.1) is 0 Å². The van der Waals surface area contributed by atoms with Crippen molar-refractivity contribution in [2.24, 2.45) is 0 Å². The monoisotopic (exact) mass is 222 g/mol. The van der Waals surface area contributed by atoms with Crippen molar-refractivity contribution in [3.8, 4) is 0 Å². The number of carbonyl (C=O) groups excluding carboxylic acids is 1. The van der Waals surface area contributed by atoms with Gasteiger partial charge in [-0.3, -0.25) is 4.79 Å². The van der Waals surface area contributed by atoms with Crippen LogP contribution in [0.15, 0.2) is 18.5 Å². The van der Waals surface area contributed by atoms with E-state index in [1.165, 1.54) is 0 Å². The molecule has 2 rings (SSSR count). The van der Waals surface area contributed by atoms with Crippen molar-refractivity contribution in [3.63, 3.8) is 0 Å². The molecule has 1 fully saturated rings. The third-order valence-electron chi connectivity index (χ3n) is 3.18. The molecule has 1 saturated heterocycles. The van der Waals surface area contributed by atoms with Crippen molar-refractivity contribution in [2.75, 3.05) is 6.54 Å². The lowest BCUT2D eigenvalue weighted by Gasteiger charge is -2.31. The lowest BCUT2D eigenvalue weighted by molar-refractivity contribution is -0.133. The number of aromatic amines is 1. The molecular formula is C12H18N2O2. The summed E-state index contributed by atoms with van der Waals surface area (Å²) in [6, 6.07) is 1.90. The Balaban J connectivity index is 2.05. The summed E-state index contributed by atoms with van der Waals surface area (Å²) >= 11 is 0. The molecule has 88 valence electrons. The van der Waals surface area contributed by atoms with Gasteiger partial charge in [0.05, 0.1) is 12.5 Å². The topological polar surface area (TPSA) is 56.3 Å². The summed E-state index contributed by atoms with van der Waals surface area (Å²) < 4.78 is 0. The summed E-state index contributed by atoms with van der Waals surface area (Å²) in [5.74, 6) is 0.0844. The number of hydrogen-bond donors (Lipinski definition) is 2. The zero-order valence-electron chi connectivity index (χ0n) is 9.73. The van der Waals surface area contributed by atoms with Crippen LogP contribution in [0.2, 0.25) is 0 Å². The normalized spacial score (nSPS) is 23.7. The van der Waals surface area contributed by atoms with Crippen LogP contribution in [0.3, 0.4) is 0 Å². The second-order valence-corrected chi connectivity index (χ2v) is 5.07. The van der Waals surface area contributed by atoms with Gasteiger partial charge in [0, 0.05) is 24.5 Å². The minimum atomic E-state index is -0.384. The van der Waals surface area contributed by atoms with Gasteiger partial charge in [0.1, 0.15) is 0 Å². The average Bonchev–Trinajstić information content (AvgIpc) is 2.73. The maximum absolute atomic E-state index is 12.1. The van der Waals surface area contributed by atoms with E-state index < -0.39 is 0 Å². The van der Waals surface area contributed by atoms with Gasteiger partial charge < -0.3 is 15.0 Å². The molecule has 0 aromatic carbocycles. The summed E-state index contributed by atoms with van der Waals surface area (Å²) in [4.78, 5) is 16.8.